The monoisotopic (exact) mass is 228 g/mol. The van der Waals surface area contributed by atoms with E-state index in [9.17, 15) is 5.11 Å². The molecule has 2 aliphatic heterocycles. The van der Waals surface area contributed by atoms with Gasteiger partial charge in [0.05, 0.1) is 13.2 Å². The molecule has 2 rings (SSSR count). The molecule has 2 heterocycles. The van der Waals surface area contributed by atoms with Gasteiger partial charge in [-0.05, 0) is 32.9 Å². The highest BCUT2D eigenvalue weighted by Gasteiger charge is 2.30. The van der Waals surface area contributed by atoms with Crippen molar-refractivity contribution in [3.63, 3.8) is 0 Å². The van der Waals surface area contributed by atoms with Gasteiger partial charge in [0.15, 0.2) is 0 Å². The van der Waals surface area contributed by atoms with Gasteiger partial charge in [0.25, 0.3) is 0 Å². The molecule has 3 atom stereocenters. The van der Waals surface area contributed by atoms with Crippen LogP contribution in [0.15, 0.2) is 0 Å². The number of aliphatic hydroxyl groups is 1. The minimum atomic E-state index is 0.303. The molecule has 0 aromatic heterocycles. The van der Waals surface area contributed by atoms with Crippen LogP contribution in [0, 0.1) is 5.92 Å². The zero-order valence-electron chi connectivity index (χ0n) is 10.2. The minimum absolute atomic E-state index is 0.303. The largest absolute Gasteiger partial charge is 0.395 e. The number of aliphatic hydroxyl groups excluding tert-OH is 1. The van der Waals surface area contributed by atoms with Crippen LogP contribution in [-0.4, -0.2) is 62.0 Å². The van der Waals surface area contributed by atoms with E-state index in [2.05, 4.69) is 10.2 Å². The molecule has 0 saturated carbocycles. The quantitative estimate of drug-likeness (QED) is 0.714. The van der Waals surface area contributed by atoms with Gasteiger partial charge in [-0.15, -0.1) is 0 Å². The van der Waals surface area contributed by atoms with Crippen LogP contribution in [0.2, 0.25) is 0 Å². The van der Waals surface area contributed by atoms with Gasteiger partial charge in [0.1, 0.15) is 0 Å². The maximum absolute atomic E-state index is 9.30. The number of likely N-dealkylation sites (tertiary alicyclic amines) is 1. The molecule has 2 N–H and O–H groups in total. The molecular formula is C12H24N2O2. The van der Waals surface area contributed by atoms with Crippen molar-refractivity contribution in [1.29, 1.82) is 0 Å². The number of nitrogens with zero attached hydrogens (tertiary/aromatic N) is 1. The first kappa shape index (κ1) is 12.3. The van der Waals surface area contributed by atoms with Gasteiger partial charge in [-0.3, -0.25) is 4.90 Å². The van der Waals surface area contributed by atoms with Crippen molar-refractivity contribution in [2.24, 2.45) is 5.92 Å². The van der Waals surface area contributed by atoms with Crippen LogP contribution in [0.1, 0.15) is 19.3 Å². The van der Waals surface area contributed by atoms with Gasteiger partial charge in [-0.2, -0.15) is 0 Å². The Bertz CT molecular complexity index is 213. The average Bonchev–Trinajstić information content (AvgIpc) is 2.77. The predicted octanol–water partition coefficient (Wildman–Crippen LogP) is 0.0676. The summed E-state index contributed by atoms with van der Waals surface area (Å²) in [5.74, 6) is 0.575. The maximum Gasteiger partial charge on any atom is 0.0586 e. The molecule has 2 saturated heterocycles. The van der Waals surface area contributed by atoms with Crippen molar-refractivity contribution < 1.29 is 9.84 Å². The van der Waals surface area contributed by atoms with E-state index >= 15 is 0 Å². The Morgan fingerprint density at radius 3 is 3.06 bits per heavy atom. The summed E-state index contributed by atoms with van der Waals surface area (Å²) in [5, 5.41) is 12.7. The van der Waals surface area contributed by atoms with E-state index in [4.69, 9.17) is 4.74 Å². The molecule has 4 heteroatoms. The standard InChI is InChI=1S/C12H24N2O2/c1-13-12-4-6-16-9-10(12)7-14-5-2-3-11(14)8-15/h10-13,15H,2-9H2,1H3. The fraction of sp³-hybridized carbons (Fsp3) is 1.00. The van der Waals surface area contributed by atoms with E-state index in [-0.39, 0.29) is 0 Å². The number of hydrogen-bond acceptors (Lipinski definition) is 4. The molecule has 3 unspecified atom stereocenters. The Hall–Kier alpha value is -0.160. The summed E-state index contributed by atoms with van der Waals surface area (Å²) in [6.45, 7) is 4.25. The smallest absolute Gasteiger partial charge is 0.0586 e. The van der Waals surface area contributed by atoms with Crippen molar-refractivity contribution >= 4 is 0 Å². The Morgan fingerprint density at radius 2 is 2.31 bits per heavy atom. The lowest BCUT2D eigenvalue weighted by Gasteiger charge is -2.35. The molecule has 0 aromatic rings. The second-order valence-electron chi connectivity index (χ2n) is 4.99. The van der Waals surface area contributed by atoms with Gasteiger partial charge < -0.3 is 15.2 Å². The average molecular weight is 228 g/mol. The number of nitrogens with one attached hydrogen (secondary N) is 1. The Labute approximate surface area is 98.0 Å². The topological polar surface area (TPSA) is 44.7 Å². The zero-order chi connectivity index (χ0) is 11.4. The Morgan fingerprint density at radius 1 is 1.44 bits per heavy atom. The summed E-state index contributed by atoms with van der Waals surface area (Å²) in [6, 6.07) is 0.966. The van der Waals surface area contributed by atoms with Gasteiger partial charge >= 0.3 is 0 Å². The highest BCUT2D eigenvalue weighted by atomic mass is 16.5. The van der Waals surface area contributed by atoms with E-state index < -0.39 is 0 Å². The Balaban J connectivity index is 1.86. The van der Waals surface area contributed by atoms with Crippen LogP contribution in [-0.2, 0) is 4.74 Å². The van der Waals surface area contributed by atoms with Crippen LogP contribution >= 0.6 is 0 Å². The van der Waals surface area contributed by atoms with Crippen molar-refractivity contribution in [2.75, 3.05) is 40.0 Å². The minimum Gasteiger partial charge on any atom is -0.395 e. The number of rotatable bonds is 4. The summed E-state index contributed by atoms with van der Waals surface area (Å²) < 4.78 is 5.56. The van der Waals surface area contributed by atoms with Crippen LogP contribution in [0.25, 0.3) is 0 Å². The molecule has 0 spiro atoms. The second-order valence-corrected chi connectivity index (χ2v) is 4.99. The highest BCUT2D eigenvalue weighted by molar-refractivity contribution is 4.86. The molecule has 4 nitrogen and oxygen atoms in total. The fourth-order valence-electron chi connectivity index (χ4n) is 3.00. The van der Waals surface area contributed by atoms with Crippen molar-refractivity contribution in [3.8, 4) is 0 Å². The summed E-state index contributed by atoms with van der Waals surface area (Å²) in [6.07, 6.45) is 3.48. The summed E-state index contributed by atoms with van der Waals surface area (Å²) in [5.41, 5.74) is 0. The maximum atomic E-state index is 9.30. The molecule has 0 bridgehead atoms. The molecule has 2 aliphatic rings. The SMILES string of the molecule is CNC1CCOCC1CN1CCCC1CO. The van der Waals surface area contributed by atoms with E-state index in [1.807, 2.05) is 7.05 Å². The molecule has 0 aliphatic carbocycles. The molecule has 0 radical (unpaired) electrons. The van der Waals surface area contributed by atoms with Crippen LogP contribution < -0.4 is 5.32 Å². The van der Waals surface area contributed by atoms with Gasteiger partial charge in [-0.25, -0.2) is 0 Å². The fourth-order valence-corrected chi connectivity index (χ4v) is 3.00. The zero-order valence-corrected chi connectivity index (χ0v) is 10.2. The summed E-state index contributed by atoms with van der Waals surface area (Å²) in [4.78, 5) is 2.43. The van der Waals surface area contributed by atoms with E-state index in [0.29, 0.717) is 24.6 Å². The third-order valence-electron chi connectivity index (χ3n) is 4.02. The molecule has 94 valence electrons. The molecule has 16 heavy (non-hydrogen) atoms. The second kappa shape index (κ2) is 5.96. The first-order valence-corrected chi connectivity index (χ1v) is 6.45. The van der Waals surface area contributed by atoms with E-state index in [1.54, 1.807) is 0 Å². The van der Waals surface area contributed by atoms with Crippen LogP contribution in [0.5, 0.6) is 0 Å². The van der Waals surface area contributed by atoms with Crippen molar-refractivity contribution in [1.82, 2.24) is 10.2 Å². The normalized spacial score (nSPS) is 36.8. The predicted molar refractivity (Wildman–Crippen MR) is 63.5 cm³/mol. The van der Waals surface area contributed by atoms with Gasteiger partial charge in [0, 0.05) is 31.2 Å². The van der Waals surface area contributed by atoms with E-state index in [1.165, 1.54) is 6.42 Å². The first-order chi connectivity index (χ1) is 7.85. The molecule has 2 fully saturated rings. The summed E-state index contributed by atoms with van der Waals surface area (Å²) >= 11 is 0. The van der Waals surface area contributed by atoms with Crippen LogP contribution in [0.4, 0.5) is 0 Å². The Kier molecular flexibility index (Phi) is 4.58. The van der Waals surface area contributed by atoms with E-state index in [0.717, 1.165) is 39.1 Å². The van der Waals surface area contributed by atoms with Crippen LogP contribution in [0.3, 0.4) is 0 Å². The first-order valence-electron chi connectivity index (χ1n) is 6.45. The van der Waals surface area contributed by atoms with Crippen molar-refractivity contribution in [2.45, 2.75) is 31.3 Å². The highest BCUT2D eigenvalue weighted by Crippen LogP contribution is 2.22. The molecule has 0 aromatic carbocycles. The molecule has 0 amide bonds. The lowest BCUT2D eigenvalue weighted by Crippen LogP contribution is -2.48. The number of ether oxygens (including phenoxy) is 1. The van der Waals surface area contributed by atoms with Crippen molar-refractivity contribution in [3.05, 3.63) is 0 Å². The lowest BCUT2D eigenvalue weighted by molar-refractivity contribution is 0.0130. The van der Waals surface area contributed by atoms with Gasteiger partial charge in [-0.1, -0.05) is 0 Å². The lowest BCUT2D eigenvalue weighted by atomic mass is 9.95. The molecular weight excluding hydrogens is 204 g/mol. The summed E-state index contributed by atoms with van der Waals surface area (Å²) in [7, 11) is 2.04. The third kappa shape index (κ3) is 2.74. The third-order valence-corrected chi connectivity index (χ3v) is 4.02. The number of hydrogen-bond donors (Lipinski definition) is 2. The van der Waals surface area contributed by atoms with Gasteiger partial charge in [0.2, 0.25) is 0 Å².